The number of allylic oxidation sites excluding steroid dienone is 2. The van der Waals surface area contributed by atoms with Crippen LogP contribution in [0.15, 0.2) is 187 Å². The molecule has 0 saturated heterocycles. The van der Waals surface area contributed by atoms with Crippen LogP contribution in [0.5, 0.6) is 0 Å². The van der Waals surface area contributed by atoms with E-state index < -0.39 is 0 Å². The van der Waals surface area contributed by atoms with Gasteiger partial charge < -0.3 is 13.4 Å². The Morgan fingerprint density at radius 3 is 1.97 bits per heavy atom. The Morgan fingerprint density at radius 2 is 1.16 bits per heavy atom. The van der Waals surface area contributed by atoms with Crippen molar-refractivity contribution in [2.24, 2.45) is 0 Å². The van der Waals surface area contributed by atoms with E-state index >= 15 is 0 Å². The molecule has 63 heavy (non-hydrogen) atoms. The van der Waals surface area contributed by atoms with E-state index in [0.29, 0.717) is 11.5 Å². The summed E-state index contributed by atoms with van der Waals surface area (Å²) in [6, 6.07) is 58.5. The zero-order valence-corrected chi connectivity index (χ0v) is 34.2. The average molecular weight is 806 g/mol. The van der Waals surface area contributed by atoms with E-state index in [1.807, 2.05) is 24.3 Å². The molecule has 0 aliphatic heterocycles. The van der Waals surface area contributed by atoms with Gasteiger partial charge in [0, 0.05) is 59.7 Å². The minimum absolute atomic E-state index is 0.550. The predicted octanol–water partition coefficient (Wildman–Crippen LogP) is 14.9. The number of benzene rings is 8. The van der Waals surface area contributed by atoms with E-state index in [-0.39, 0.29) is 0 Å². The van der Waals surface area contributed by atoms with Gasteiger partial charge in [0.2, 0.25) is 5.71 Å². The van der Waals surface area contributed by atoms with Gasteiger partial charge in [-0.25, -0.2) is 4.98 Å². The number of rotatable bonds is 5. The quantitative estimate of drug-likeness (QED) is 0.163. The van der Waals surface area contributed by atoms with Crippen molar-refractivity contribution in [2.45, 2.75) is 6.92 Å². The van der Waals surface area contributed by atoms with Crippen LogP contribution in [0.2, 0.25) is 0 Å². The lowest BCUT2D eigenvalue weighted by atomic mass is 10.00. The van der Waals surface area contributed by atoms with E-state index in [4.69, 9.17) is 14.4 Å². The van der Waals surface area contributed by atoms with Crippen molar-refractivity contribution in [3.8, 4) is 22.9 Å². The number of furan rings is 1. The number of hydrogen-bond acceptors (Lipinski definition) is 3. The Labute approximate surface area is 359 Å². The lowest BCUT2D eigenvalue weighted by Gasteiger charge is -2.12. The Hall–Kier alpha value is -8.48. The lowest BCUT2D eigenvalue weighted by Crippen LogP contribution is -2.02. The van der Waals surface area contributed by atoms with Crippen LogP contribution in [0.3, 0.4) is 0 Å². The fraction of sp³-hybridized carbons (Fsp3) is 0.0175. The van der Waals surface area contributed by atoms with Crippen molar-refractivity contribution >= 4 is 110 Å². The van der Waals surface area contributed by atoms with Gasteiger partial charge in [0.25, 0.3) is 0 Å². The van der Waals surface area contributed by atoms with Gasteiger partial charge in [-0.3, -0.25) is 4.57 Å². The molecule has 0 spiro atoms. The van der Waals surface area contributed by atoms with E-state index in [0.717, 1.165) is 60.9 Å². The molecule has 6 heterocycles. The molecule has 6 heteroatoms. The van der Waals surface area contributed by atoms with Crippen molar-refractivity contribution in [1.82, 2.24) is 23.5 Å². The Kier molecular flexibility index (Phi) is 6.82. The van der Waals surface area contributed by atoms with Gasteiger partial charge in [-0.05, 0) is 66.6 Å². The minimum Gasteiger partial charge on any atom is -0.437 e. The average Bonchev–Trinajstić information content (AvgIpc) is 4.13. The standard InChI is InChI=1S/C57H35N5O/c1-3-4-16-34-27-30-40-44-32-43-38-20-9-13-24-46(38)62(54(43)50-41-21-10-14-25-47(41)61(53(44)50)52(40)33(34)2)56-51-42-22-11-15-26-49(42)63-57(51)59-55(58-56)35-28-29-39-37-19-8-12-23-45(37)60(48(39)31-35)36-17-6-5-7-18-36/h3-32H,1H2,2H3/b16-4-. The van der Waals surface area contributed by atoms with Crippen LogP contribution in [-0.4, -0.2) is 23.5 Å². The summed E-state index contributed by atoms with van der Waals surface area (Å²) in [5.41, 5.74) is 13.8. The molecular formula is C57H35N5O. The van der Waals surface area contributed by atoms with Crippen molar-refractivity contribution in [3.63, 3.8) is 0 Å². The first kappa shape index (κ1) is 34.3. The van der Waals surface area contributed by atoms with E-state index in [9.17, 15) is 0 Å². The molecule has 0 fully saturated rings. The highest BCUT2D eigenvalue weighted by molar-refractivity contribution is 6.34. The molecule has 0 amide bonds. The van der Waals surface area contributed by atoms with E-state index in [1.54, 1.807) is 0 Å². The molecule has 14 rings (SSSR count). The Bertz CT molecular complexity index is 4290. The second-order valence-electron chi connectivity index (χ2n) is 16.6. The Morgan fingerprint density at radius 1 is 0.508 bits per heavy atom. The molecule has 294 valence electrons. The first-order chi connectivity index (χ1) is 31.2. The van der Waals surface area contributed by atoms with Crippen LogP contribution in [0, 0.1) is 6.92 Å². The number of fused-ring (bicyclic) bond motifs is 16. The third-order valence-electron chi connectivity index (χ3n) is 13.3. The largest absolute Gasteiger partial charge is 0.437 e. The van der Waals surface area contributed by atoms with Gasteiger partial charge >= 0.3 is 0 Å². The molecule has 0 bridgehead atoms. The monoisotopic (exact) mass is 805 g/mol. The second-order valence-corrected chi connectivity index (χ2v) is 16.6. The molecule has 0 aliphatic rings. The number of aromatic nitrogens is 5. The number of para-hydroxylation sites is 5. The normalized spacial score (nSPS) is 12.5. The topological polar surface area (TPSA) is 53.2 Å². The maximum atomic E-state index is 6.71. The summed E-state index contributed by atoms with van der Waals surface area (Å²) in [5.74, 6) is 1.38. The van der Waals surface area contributed by atoms with Crippen LogP contribution in [-0.2, 0) is 0 Å². The third kappa shape index (κ3) is 4.51. The van der Waals surface area contributed by atoms with Crippen LogP contribution in [0.4, 0.5) is 0 Å². The van der Waals surface area contributed by atoms with E-state index in [2.05, 4.69) is 185 Å². The summed E-state index contributed by atoms with van der Waals surface area (Å²) < 4.78 is 13.9. The van der Waals surface area contributed by atoms with Gasteiger partial charge in [-0.15, -0.1) is 0 Å². The number of hydrogen-bond donors (Lipinski definition) is 0. The third-order valence-corrected chi connectivity index (χ3v) is 13.3. The molecule has 0 unspecified atom stereocenters. The van der Waals surface area contributed by atoms with Crippen molar-refractivity contribution in [2.75, 3.05) is 0 Å². The van der Waals surface area contributed by atoms with Crippen LogP contribution in [0.25, 0.3) is 133 Å². The summed E-state index contributed by atoms with van der Waals surface area (Å²) in [6.45, 7) is 6.18. The lowest BCUT2D eigenvalue weighted by molar-refractivity contribution is 0.653. The highest BCUT2D eigenvalue weighted by Gasteiger charge is 2.28. The maximum absolute atomic E-state index is 6.71. The maximum Gasteiger partial charge on any atom is 0.233 e. The zero-order valence-electron chi connectivity index (χ0n) is 34.2. The molecule has 14 aromatic rings. The molecule has 0 saturated carbocycles. The van der Waals surface area contributed by atoms with Crippen LogP contribution >= 0.6 is 0 Å². The highest BCUT2D eigenvalue weighted by atomic mass is 16.3. The fourth-order valence-corrected chi connectivity index (χ4v) is 10.7. The summed E-state index contributed by atoms with van der Waals surface area (Å²) in [5, 5.41) is 11.4. The minimum atomic E-state index is 0.550. The first-order valence-electron chi connectivity index (χ1n) is 21.4. The predicted molar refractivity (Wildman–Crippen MR) is 262 cm³/mol. The van der Waals surface area contributed by atoms with Crippen LogP contribution < -0.4 is 0 Å². The zero-order chi connectivity index (χ0) is 41.5. The molecule has 6 nitrogen and oxygen atoms in total. The first-order valence-corrected chi connectivity index (χ1v) is 21.4. The Balaban J connectivity index is 1.14. The van der Waals surface area contributed by atoms with Gasteiger partial charge in [-0.2, -0.15) is 4.98 Å². The number of nitrogens with zero attached hydrogens (tertiary/aromatic N) is 5. The van der Waals surface area contributed by atoms with Gasteiger partial charge in [0.05, 0.1) is 44.0 Å². The SMILES string of the molecule is C=C/C=C\c1ccc2c3cc4c5ccccc5n(-c5nc(-c6ccc7c8ccccc8n(-c8ccccc8)c7c6)nc6oc7ccccc7c56)c4c4c5ccccc5n(c2c1C)c34. The van der Waals surface area contributed by atoms with Crippen molar-refractivity contribution in [1.29, 1.82) is 0 Å². The molecule has 0 radical (unpaired) electrons. The second kappa shape index (κ2) is 12.5. The van der Waals surface area contributed by atoms with Crippen molar-refractivity contribution < 1.29 is 4.42 Å². The van der Waals surface area contributed by atoms with Gasteiger partial charge in [0.15, 0.2) is 11.6 Å². The highest BCUT2D eigenvalue weighted by Crippen LogP contribution is 2.48. The summed E-state index contributed by atoms with van der Waals surface area (Å²) in [7, 11) is 0. The molecule has 6 aromatic heterocycles. The molecule has 0 aliphatic carbocycles. The van der Waals surface area contributed by atoms with Crippen LogP contribution in [0.1, 0.15) is 11.1 Å². The molecule has 0 atom stereocenters. The smallest absolute Gasteiger partial charge is 0.233 e. The van der Waals surface area contributed by atoms with Gasteiger partial charge in [-0.1, -0.05) is 140 Å². The number of aryl methyl sites for hydroxylation is 1. The van der Waals surface area contributed by atoms with E-state index in [1.165, 1.54) is 65.4 Å². The summed E-state index contributed by atoms with van der Waals surface area (Å²) in [4.78, 5) is 11.0. The summed E-state index contributed by atoms with van der Waals surface area (Å²) >= 11 is 0. The fourth-order valence-electron chi connectivity index (χ4n) is 10.7. The van der Waals surface area contributed by atoms with Gasteiger partial charge in [0.1, 0.15) is 5.58 Å². The molecular weight excluding hydrogens is 771 g/mol. The summed E-state index contributed by atoms with van der Waals surface area (Å²) in [6.07, 6.45) is 6.00. The molecule has 8 aromatic carbocycles. The van der Waals surface area contributed by atoms with Crippen molar-refractivity contribution in [3.05, 3.63) is 194 Å². The molecule has 0 N–H and O–H groups in total.